The smallest absolute Gasteiger partial charge is 0.219 e. The minimum absolute atomic E-state index is 0.226. The molecule has 0 aromatic rings. The normalized spacial score (nSPS) is 26.1. The second kappa shape index (κ2) is 6.53. The highest BCUT2D eigenvalue weighted by Gasteiger charge is 2.37. The number of amides is 1. The molecule has 1 N–H and O–H groups in total. The standard InChI is InChI=1S/C14H27N3O/c1-3-4-5-6-13-9-15-7-8-17(13)14-10-16(11-14)12(2)18/h13-15H,3-11H2,1-2H3. The second-order valence-corrected chi connectivity index (χ2v) is 5.67. The molecule has 2 heterocycles. The molecule has 0 aromatic heterocycles. The van der Waals surface area contributed by atoms with Crippen LogP contribution in [-0.2, 0) is 4.79 Å². The predicted molar refractivity (Wildman–Crippen MR) is 73.5 cm³/mol. The van der Waals surface area contributed by atoms with Crippen LogP contribution in [0.2, 0.25) is 0 Å². The Labute approximate surface area is 111 Å². The van der Waals surface area contributed by atoms with Gasteiger partial charge in [-0.3, -0.25) is 9.69 Å². The molecule has 2 saturated heterocycles. The number of carbonyl (C=O) groups is 1. The summed E-state index contributed by atoms with van der Waals surface area (Å²) in [6.45, 7) is 9.19. The van der Waals surface area contributed by atoms with Crippen molar-refractivity contribution in [3.8, 4) is 0 Å². The number of piperazine rings is 1. The number of hydrogen-bond acceptors (Lipinski definition) is 3. The maximum absolute atomic E-state index is 11.2. The van der Waals surface area contributed by atoms with Gasteiger partial charge >= 0.3 is 0 Å². The molecular formula is C14H27N3O. The Kier molecular flexibility index (Phi) is 5.01. The van der Waals surface area contributed by atoms with Crippen LogP contribution in [0.3, 0.4) is 0 Å². The topological polar surface area (TPSA) is 35.6 Å². The lowest BCUT2D eigenvalue weighted by molar-refractivity contribution is -0.137. The summed E-state index contributed by atoms with van der Waals surface area (Å²) >= 11 is 0. The van der Waals surface area contributed by atoms with Crippen LogP contribution >= 0.6 is 0 Å². The number of likely N-dealkylation sites (tertiary alicyclic amines) is 1. The van der Waals surface area contributed by atoms with E-state index >= 15 is 0 Å². The lowest BCUT2D eigenvalue weighted by atomic mass is 9.99. The van der Waals surface area contributed by atoms with Crippen LogP contribution in [0.15, 0.2) is 0 Å². The maximum Gasteiger partial charge on any atom is 0.219 e. The predicted octanol–water partition coefficient (Wildman–Crippen LogP) is 1.07. The van der Waals surface area contributed by atoms with Gasteiger partial charge in [-0.1, -0.05) is 26.2 Å². The largest absolute Gasteiger partial charge is 0.340 e. The number of rotatable bonds is 5. The minimum atomic E-state index is 0.226. The highest BCUT2D eigenvalue weighted by Crippen LogP contribution is 2.21. The van der Waals surface area contributed by atoms with E-state index in [1.54, 1.807) is 6.92 Å². The van der Waals surface area contributed by atoms with E-state index < -0.39 is 0 Å². The fraction of sp³-hybridized carbons (Fsp3) is 0.929. The summed E-state index contributed by atoms with van der Waals surface area (Å²) < 4.78 is 0. The summed E-state index contributed by atoms with van der Waals surface area (Å²) in [5, 5.41) is 3.51. The first-order valence-corrected chi connectivity index (χ1v) is 7.44. The van der Waals surface area contributed by atoms with Gasteiger partial charge in [-0.05, 0) is 6.42 Å². The molecule has 1 amide bonds. The molecule has 2 aliphatic heterocycles. The summed E-state index contributed by atoms with van der Waals surface area (Å²) in [6.07, 6.45) is 5.27. The van der Waals surface area contributed by atoms with Crippen molar-refractivity contribution in [1.29, 1.82) is 0 Å². The van der Waals surface area contributed by atoms with Crippen molar-refractivity contribution in [3.63, 3.8) is 0 Å². The third-order valence-corrected chi connectivity index (χ3v) is 4.31. The highest BCUT2D eigenvalue weighted by atomic mass is 16.2. The maximum atomic E-state index is 11.2. The van der Waals surface area contributed by atoms with E-state index in [0.29, 0.717) is 12.1 Å². The number of nitrogens with one attached hydrogen (secondary N) is 1. The first-order chi connectivity index (χ1) is 8.72. The molecule has 2 rings (SSSR count). The highest BCUT2D eigenvalue weighted by molar-refractivity contribution is 5.74. The van der Waals surface area contributed by atoms with E-state index in [9.17, 15) is 4.79 Å². The van der Waals surface area contributed by atoms with Gasteiger partial charge < -0.3 is 10.2 Å². The van der Waals surface area contributed by atoms with E-state index in [0.717, 1.165) is 32.7 Å². The molecule has 0 bridgehead atoms. The zero-order valence-electron chi connectivity index (χ0n) is 11.8. The Morgan fingerprint density at radius 2 is 2.11 bits per heavy atom. The van der Waals surface area contributed by atoms with Crippen LogP contribution in [0, 0.1) is 0 Å². The molecule has 2 aliphatic rings. The summed E-state index contributed by atoms with van der Waals surface area (Å²) in [5.41, 5.74) is 0. The average Bonchev–Trinajstić information content (AvgIpc) is 2.29. The Bertz CT molecular complexity index is 276. The van der Waals surface area contributed by atoms with Gasteiger partial charge in [0.05, 0.1) is 0 Å². The molecule has 0 radical (unpaired) electrons. The van der Waals surface area contributed by atoms with Crippen molar-refractivity contribution in [2.75, 3.05) is 32.7 Å². The minimum Gasteiger partial charge on any atom is -0.340 e. The molecule has 18 heavy (non-hydrogen) atoms. The fourth-order valence-electron chi connectivity index (χ4n) is 3.08. The van der Waals surface area contributed by atoms with Crippen LogP contribution < -0.4 is 5.32 Å². The van der Waals surface area contributed by atoms with Crippen LogP contribution in [0.4, 0.5) is 0 Å². The van der Waals surface area contributed by atoms with Gasteiger partial charge in [-0.2, -0.15) is 0 Å². The van der Waals surface area contributed by atoms with Crippen LogP contribution in [0.5, 0.6) is 0 Å². The van der Waals surface area contributed by atoms with E-state index in [4.69, 9.17) is 0 Å². The van der Waals surface area contributed by atoms with Crippen molar-refractivity contribution in [3.05, 3.63) is 0 Å². The molecule has 104 valence electrons. The van der Waals surface area contributed by atoms with Gasteiger partial charge in [-0.25, -0.2) is 0 Å². The van der Waals surface area contributed by atoms with Crippen LogP contribution in [-0.4, -0.2) is 60.5 Å². The summed E-state index contributed by atoms with van der Waals surface area (Å²) in [5.74, 6) is 0.226. The Morgan fingerprint density at radius 3 is 2.78 bits per heavy atom. The molecule has 0 saturated carbocycles. The van der Waals surface area contributed by atoms with Gasteiger partial charge in [0, 0.05) is 51.7 Å². The molecular weight excluding hydrogens is 226 g/mol. The van der Waals surface area contributed by atoms with Crippen molar-refractivity contribution in [1.82, 2.24) is 15.1 Å². The molecule has 1 unspecified atom stereocenters. The SMILES string of the molecule is CCCCCC1CNCCN1C1CN(C(C)=O)C1. The quantitative estimate of drug-likeness (QED) is 0.745. The second-order valence-electron chi connectivity index (χ2n) is 5.67. The summed E-state index contributed by atoms with van der Waals surface area (Å²) in [6, 6.07) is 1.30. The number of unbranched alkanes of at least 4 members (excludes halogenated alkanes) is 2. The number of hydrogen-bond donors (Lipinski definition) is 1. The molecule has 4 heteroatoms. The lowest BCUT2D eigenvalue weighted by Gasteiger charge is -2.50. The van der Waals surface area contributed by atoms with Gasteiger partial charge in [0.1, 0.15) is 0 Å². The van der Waals surface area contributed by atoms with Gasteiger partial charge in [0.2, 0.25) is 5.91 Å². The van der Waals surface area contributed by atoms with Gasteiger partial charge in [0.15, 0.2) is 0 Å². The molecule has 1 atom stereocenters. The van der Waals surface area contributed by atoms with E-state index in [-0.39, 0.29) is 5.91 Å². The number of nitrogens with zero attached hydrogens (tertiary/aromatic N) is 2. The number of carbonyl (C=O) groups excluding carboxylic acids is 1. The molecule has 2 fully saturated rings. The third kappa shape index (κ3) is 3.23. The Hall–Kier alpha value is -0.610. The van der Waals surface area contributed by atoms with E-state index in [1.165, 1.54) is 25.7 Å². The first kappa shape index (κ1) is 13.8. The zero-order valence-corrected chi connectivity index (χ0v) is 11.8. The Morgan fingerprint density at radius 1 is 1.33 bits per heavy atom. The summed E-state index contributed by atoms with van der Waals surface area (Å²) in [7, 11) is 0. The van der Waals surface area contributed by atoms with Crippen molar-refractivity contribution < 1.29 is 4.79 Å². The first-order valence-electron chi connectivity index (χ1n) is 7.44. The molecule has 0 spiro atoms. The third-order valence-electron chi connectivity index (χ3n) is 4.31. The van der Waals surface area contributed by atoms with Gasteiger partial charge in [-0.15, -0.1) is 0 Å². The molecule has 0 aromatic carbocycles. The Balaban J connectivity index is 1.79. The van der Waals surface area contributed by atoms with Gasteiger partial charge in [0.25, 0.3) is 0 Å². The summed E-state index contributed by atoms with van der Waals surface area (Å²) in [4.78, 5) is 15.8. The average molecular weight is 253 g/mol. The van der Waals surface area contributed by atoms with Crippen molar-refractivity contribution in [2.45, 2.75) is 51.6 Å². The molecule has 4 nitrogen and oxygen atoms in total. The molecule has 0 aliphatic carbocycles. The zero-order chi connectivity index (χ0) is 13.0. The van der Waals surface area contributed by atoms with E-state index in [2.05, 4.69) is 17.1 Å². The van der Waals surface area contributed by atoms with Crippen LogP contribution in [0.25, 0.3) is 0 Å². The van der Waals surface area contributed by atoms with E-state index in [1.807, 2.05) is 4.90 Å². The fourth-order valence-corrected chi connectivity index (χ4v) is 3.08. The monoisotopic (exact) mass is 253 g/mol. The van der Waals surface area contributed by atoms with Crippen molar-refractivity contribution >= 4 is 5.91 Å². The van der Waals surface area contributed by atoms with Crippen molar-refractivity contribution in [2.24, 2.45) is 0 Å². The van der Waals surface area contributed by atoms with Crippen LogP contribution in [0.1, 0.15) is 39.5 Å². The lowest BCUT2D eigenvalue weighted by Crippen LogP contribution is -2.66.